The molecule has 15 heteroatoms. The van der Waals surface area contributed by atoms with Crippen molar-refractivity contribution >= 4 is 18.5 Å². The van der Waals surface area contributed by atoms with Crippen molar-refractivity contribution in [2.45, 2.75) is 0 Å². The summed E-state index contributed by atoms with van der Waals surface area (Å²) in [5, 5.41) is 50.0. The van der Waals surface area contributed by atoms with Crippen molar-refractivity contribution in [2.75, 3.05) is 0 Å². The molecule has 0 saturated carbocycles. The summed E-state index contributed by atoms with van der Waals surface area (Å²) in [6.07, 6.45) is -7.00. The smallest absolute Gasteiger partial charge is 0.652 e. The number of hydrogen-bond donors (Lipinski definition) is 0. The molecule has 0 spiro atoms. The minimum Gasteiger partial charge on any atom is -0.652 e. The predicted molar refractivity (Wildman–Crippen MR) is 30.6 cm³/mol. The molecule has 0 fully saturated rings. The molecule has 0 heterocycles. The van der Waals surface area contributed by atoms with Crippen LogP contribution in [0.4, 0.5) is 14.4 Å². The van der Waals surface area contributed by atoms with E-state index in [0.717, 1.165) is 0 Å². The Labute approximate surface area is 160 Å². The monoisotopic (exact) mass is 580 g/mol. The van der Waals surface area contributed by atoms with E-state index < -0.39 is 18.5 Å². The Kier molecular flexibility index (Phi) is 189. The fraction of sp³-hybridized carbons (Fsp3) is 0. The summed E-state index contributed by atoms with van der Waals surface area (Å²) < 4.78 is 0. The Hall–Kier alpha value is 0.195. The van der Waals surface area contributed by atoms with Crippen LogP contribution in [0.2, 0.25) is 0 Å². The van der Waals surface area contributed by atoms with Crippen molar-refractivity contribution in [3.63, 3.8) is 0 Å². The molecule has 13 nitrogen and oxygen atoms in total. The van der Waals surface area contributed by atoms with Crippen LogP contribution in [0.15, 0.2) is 0 Å². The van der Waals surface area contributed by atoms with Crippen molar-refractivity contribution in [2.24, 2.45) is 0 Å². The number of rotatable bonds is 0. The van der Waals surface area contributed by atoms with Gasteiger partial charge in [-0.15, -0.1) is 0 Å². The van der Waals surface area contributed by atoms with Crippen LogP contribution < -0.4 is 30.6 Å². The van der Waals surface area contributed by atoms with Gasteiger partial charge in [-0.05, 0) is 18.5 Å². The van der Waals surface area contributed by atoms with Gasteiger partial charge >= 0.3 is 76.3 Å². The molecule has 0 saturated heterocycles. The van der Waals surface area contributed by atoms with E-state index in [-0.39, 0.29) is 98.3 Å². The van der Waals surface area contributed by atoms with Gasteiger partial charge in [0.2, 0.25) is 0 Å². The van der Waals surface area contributed by atoms with Crippen LogP contribution in [0, 0.1) is 76.3 Å². The minimum absolute atomic E-state index is 0. The van der Waals surface area contributed by atoms with Gasteiger partial charge < -0.3 is 66.9 Å². The molecule has 0 aliphatic heterocycles. The maximum absolute atomic E-state index is 8.33. The first-order chi connectivity index (χ1) is 5.20. The van der Waals surface area contributed by atoms with Crippen LogP contribution in [-0.4, -0.2) is 40.4 Å². The summed E-state index contributed by atoms with van der Waals surface area (Å²) in [5.41, 5.74) is 0. The third kappa shape index (κ3) is 97900. The van der Waals surface area contributed by atoms with E-state index in [1.54, 1.807) is 0 Å². The maximum Gasteiger partial charge on any atom is 3.00 e. The summed E-state index contributed by atoms with van der Waals surface area (Å²) >= 11 is 0. The molecule has 0 atom stereocenters. The molecular weight excluding hydrogens is 569 g/mol. The van der Waals surface area contributed by atoms with Gasteiger partial charge in [0.15, 0.2) is 0 Å². The standard InChI is InChI=1S/3CH2O3.2Dy.4H2O/c3*2-1(3)4;;;;;;/h3*(H2,2,3,4);;;4*1H2/q;;;2*+3;;;;/p-6. The van der Waals surface area contributed by atoms with E-state index in [4.69, 9.17) is 45.0 Å². The molecule has 0 aliphatic rings. The van der Waals surface area contributed by atoms with Gasteiger partial charge in [-0.1, -0.05) is 0 Å². The van der Waals surface area contributed by atoms with Crippen molar-refractivity contribution < 1.29 is 143 Å². The Morgan fingerprint density at radius 2 is 0.444 bits per heavy atom. The zero-order valence-corrected chi connectivity index (χ0v) is 11.9. The van der Waals surface area contributed by atoms with Gasteiger partial charge in [0.25, 0.3) is 0 Å². The summed E-state index contributed by atoms with van der Waals surface area (Å²) in [6, 6.07) is 0. The quantitative estimate of drug-likeness (QED) is 0.263. The molecule has 118 valence electrons. The van der Waals surface area contributed by atoms with E-state index in [2.05, 4.69) is 0 Å². The molecule has 8 N–H and O–H groups in total. The number of carbonyl (C=O) groups is 3. The first kappa shape index (κ1) is 63.6. The minimum atomic E-state index is -2.33. The summed E-state index contributed by atoms with van der Waals surface area (Å²) in [7, 11) is 0. The molecule has 18 heavy (non-hydrogen) atoms. The van der Waals surface area contributed by atoms with E-state index in [0.29, 0.717) is 0 Å². The van der Waals surface area contributed by atoms with Gasteiger partial charge in [0.05, 0.1) is 0 Å². The molecule has 0 rings (SSSR count). The fourth-order valence-corrected chi connectivity index (χ4v) is 0. The second-order valence-electron chi connectivity index (χ2n) is 0.750. The SMILES string of the molecule is O.O.O.O.O=C([O-])[O-].O=C([O-])[O-].O=C([O-])[O-].[Dy+3].[Dy+3]. The van der Waals surface area contributed by atoms with Gasteiger partial charge in [0, 0.05) is 0 Å². The van der Waals surface area contributed by atoms with E-state index in [9.17, 15) is 0 Å². The second kappa shape index (κ2) is 53.3. The molecule has 0 aliphatic carbocycles. The van der Waals surface area contributed by atoms with Crippen LogP contribution in [0.1, 0.15) is 0 Å². The molecule has 2 radical (unpaired) electrons. The van der Waals surface area contributed by atoms with E-state index >= 15 is 0 Å². The van der Waals surface area contributed by atoms with E-state index in [1.807, 2.05) is 0 Å². The molecule has 0 aromatic carbocycles. The second-order valence-corrected chi connectivity index (χ2v) is 0.750. The number of carboxylic acid groups (broad SMARTS) is 6. The molecule has 0 unspecified atom stereocenters. The zero-order valence-electron chi connectivity index (χ0n) is 7.81. The number of hydrogen-bond acceptors (Lipinski definition) is 9. The predicted octanol–water partition coefficient (Wildman–Crippen LogP) is -10.6. The summed E-state index contributed by atoms with van der Waals surface area (Å²) in [4.78, 5) is 25.0. The Bertz CT molecular complexity index is 118. The largest absolute Gasteiger partial charge is 3.00 e. The normalized spacial score (nSPS) is 4.00. The average Bonchev–Trinajstić information content (AvgIpc) is 1.54. The number of carbonyl (C=O) groups excluding carboxylic acids is 3. The summed E-state index contributed by atoms with van der Waals surface area (Å²) in [6.45, 7) is 0. The van der Waals surface area contributed by atoms with E-state index in [1.165, 1.54) is 0 Å². The van der Waals surface area contributed by atoms with Crippen molar-refractivity contribution in [1.82, 2.24) is 0 Å². The van der Waals surface area contributed by atoms with Gasteiger partial charge in [-0.2, -0.15) is 0 Å². The van der Waals surface area contributed by atoms with Gasteiger partial charge in [0.1, 0.15) is 0 Å². The third-order valence-electron chi connectivity index (χ3n) is 0. The Morgan fingerprint density at radius 1 is 0.444 bits per heavy atom. The molecule has 0 aromatic rings. The van der Waals surface area contributed by atoms with Crippen molar-refractivity contribution in [1.29, 1.82) is 0 Å². The average molecular weight is 577 g/mol. The fourth-order valence-electron chi connectivity index (χ4n) is 0. The first-order valence-electron chi connectivity index (χ1n) is 1.84. The molecule has 0 amide bonds. The Balaban J connectivity index is -0.00000000827. The molecule has 0 aromatic heterocycles. The maximum atomic E-state index is 8.33. The first-order valence-corrected chi connectivity index (χ1v) is 1.84. The van der Waals surface area contributed by atoms with Crippen molar-refractivity contribution in [3.8, 4) is 0 Å². The summed E-state index contributed by atoms with van der Waals surface area (Å²) in [5.74, 6) is 0. The topological polar surface area (TPSA) is 316 Å². The van der Waals surface area contributed by atoms with Crippen LogP contribution in [0.25, 0.3) is 0 Å². The third-order valence-corrected chi connectivity index (χ3v) is 0. The van der Waals surface area contributed by atoms with Crippen LogP contribution >= 0.6 is 0 Å². The molecule has 0 bridgehead atoms. The van der Waals surface area contributed by atoms with Gasteiger partial charge in [-0.25, -0.2) is 0 Å². The van der Waals surface area contributed by atoms with Crippen LogP contribution in [0.5, 0.6) is 0 Å². The molecular formula is C3H8Dy2O13. The van der Waals surface area contributed by atoms with Crippen molar-refractivity contribution in [3.05, 3.63) is 0 Å². The van der Waals surface area contributed by atoms with Crippen LogP contribution in [-0.2, 0) is 0 Å². The van der Waals surface area contributed by atoms with Gasteiger partial charge in [-0.3, -0.25) is 0 Å². The Morgan fingerprint density at radius 3 is 0.444 bits per heavy atom. The zero-order chi connectivity index (χ0) is 10.7. The van der Waals surface area contributed by atoms with Crippen LogP contribution in [0.3, 0.4) is 0 Å².